The highest BCUT2D eigenvalue weighted by Crippen LogP contribution is 2.38. The number of anilines is 1. The molecule has 0 aliphatic rings. The molecule has 0 heterocycles. The summed E-state index contributed by atoms with van der Waals surface area (Å²) in [6.07, 6.45) is -0.0495. The second kappa shape index (κ2) is 14.4. The topological polar surface area (TPSA) is 171 Å². The Labute approximate surface area is 219 Å². The van der Waals surface area contributed by atoms with Crippen molar-refractivity contribution >= 4 is 62.2 Å². The first-order valence-corrected chi connectivity index (χ1v) is 11.4. The van der Waals surface area contributed by atoms with E-state index in [4.69, 9.17) is 31.6 Å². The van der Waals surface area contributed by atoms with Crippen molar-refractivity contribution in [2.75, 3.05) is 31.2 Å². The van der Waals surface area contributed by atoms with E-state index in [0.717, 1.165) is 0 Å². The van der Waals surface area contributed by atoms with Crippen molar-refractivity contribution in [3.8, 4) is 12.1 Å². The van der Waals surface area contributed by atoms with Crippen LogP contribution < -0.4 is 4.90 Å². The lowest BCUT2D eigenvalue weighted by Gasteiger charge is -2.24. The number of carbonyl (C=O) groups is 2. The molecule has 0 atom stereocenters. The molecule has 14 heteroatoms. The molecule has 0 aliphatic carbocycles. The van der Waals surface area contributed by atoms with E-state index in [1.807, 2.05) is 0 Å². The molecule has 2 aromatic carbocycles. The summed E-state index contributed by atoms with van der Waals surface area (Å²) >= 11 is 9.29. The van der Waals surface area contributed by atoms with E-state index in [2.05, 4.69) is 26.2 Å². The Balaban J connectivity index is 2.15. The van der Waals surface area contributed by atoms with Gasteiger partial charge < -0.3 is 14.4 Å². The van der Waals surface area contributed by atoms with E-state index in [-0.39, 0.29) is 55.5 Å². The lowest BCUT2D eigenvalue weighted by molar-refractivity contribution is -0.384. The maximum atomic E-state index is 11.8. The van der Waals surface area contributed by atoms with Gasteiger partial charge in [0, 0.05) is 30.9 Å². The van der Waals surface area contributed by atoms with Crippen LogP contribution in [-0.4, -0.2) is 43.2 Å². The van der Waals surface area contributed by atoms with E-state index < -0.39 is 16.9 Å². The number of rotatable bonds is 12. The molecule has 2 rings (SSSR count). The molecule has 0 aliphatic heterocycles. The van der Waals surface area contributed by atoms with Gasteiger partial charge in [-0.25, -0.2) is 0 Å². The summed E-state index contributed by atoms with van der Waals surface area (Å²) in [5.74, 6) is -1.13. The number of non-ortho nitro benzene ring substituents is 1. The zero-order valence-electron chi connectivity index (χ0n) is 18.6. The minimum absolute atomic E-state index is 0.0247. The van der Waals surface area contributed by atoms with Crippen LogP contribution in [0.5, 0.6) is 0 Å². The van der Waals surface area contributed by atoms with Gasteiger partial charge in [-0.2, -0.15) is 15.6 Å². The van der Waals surface area contributed by atoms with Gasteiger partial charge in [-0.05, 0) is 40.2 Å². The van der Waals surface area contributed by atoms with Gasteiger partial charge >= 0.3 is 11.9 Å². The Hall–Kier alpha value is -4.07. The van der Waals surface area contributed by atoms with Gasteiger partial charge in [-0.1, -0.05) is 11.6 Å². The quantitative estimate of drug-likeness (QED) is 0.143. The van der Waals surface area contributed by atoms with Gasteiger partial charge in [0.05, 0.1) is 32.9 Å². The standard InChI is InChI=1S/C22H18BrClN6O6/c23-18-13-17(30(33)34)14-19(24)22(18)28-27-15-1-3-16(4-2-15)29(9-5-20(31)35-11-7-25)10-6-21(32)36-12-8-26/h1-4,13-14H,5-6,9-12H2. The van der Waals surface area contributed by atoms with E-state index in [1.165, 1.54) is 12.1 Å². The Morgan fingerprint density at radius 3 is 2.06 bits per heavy atom. The summed E-state index contributed by atoms with van der Waals surface area (Å²) < 4.78 is 9.82. The monoisotopic (exact) mass is 576 g/mol. The van der Waals surface area contributed by atoms with Crippen molar-refractivity contribution in [3.63, 3.8) is 0 Å². The minimum Gasteiger partial charge on any atom is -0.450 e. The third-order valence-corrected chi connectivity index (χ3v) is 5.35. The number of carbonyl (C=O) groups excluding carboxylic acids is 2. The molecule has 36 heavy (non-hydrogen) atoms. The summed E-state index contributed by atoms with van der Waals surface area (Å²) in [7, 11) is 0. The molecule has 0 spiro atoms. The molecule has 0 aromatic heterocycles. The van der Waals surface area contributed by atoms with Gasteiger partial charge in [0.1, 0.15) is 17.8 Å². The van der Waals surface area contributed by atoms with Crippen molar-refractivity contribution in [2.45, 2.75) is 12.8 Å². The maximum Gasteiger partial charge on any atom is 0.308 e. The first-order valence-electron chi connectivity index (χ1n) is 10.2. The van der Waals surface area contributed by atoms with Gasteiger partial charge in [0.25, 0.3) is 5.69 Å². The smallest absolute Gasteiger partial charge is 0.308 e. The fourth-order valence-corrected chi connectivity index (χ4v) is 3.68. The number of nitro benzene ring substituents is 1. The van der Waals surface area contributed by atoms with Crippen molar-refractivity contribution in [2.24, 2.45) is 10.2 Å². The highest BCUT2D eigenvalue weighted by atomic mass is 79.9. The normalized spacial score (nSPS) is 10.3. The second-order valence-electron chi connectivity index (χ2n) is 6.86. The van der Waals surface area contributed by atoms with E-state index in [0.29, 0.717) is 15.8 Å². The highest BCUT2D eigenvalue weighted by Gasteiger charge is 2.15. The number of hydrogen-bond acceptors (Lipinski definition) is 11. The van der Waals surface area contributed by atoms with Crippen LogP contribution in [-0.2, 0) is 19.1 Å². The Morgan fingerprint density at radius 2 is 1.58 bits per heavy atom. The van der Waals surface area contributed by atoms with Crippen LogP contribution in [0.15, 0.2) is 51.1 Å². The van der Waals surface area contributed by atoms with Crippen LogP contribution in [0.1, 0.15) is 12.8 Å². The van der Waals surface area contributed by atoms with Gasteiger partial charge in [0.2, 0.25) is 0 Å². The van der Waals surface area contributed by atoms with E-state index >= 15 is 0 Å². The van der Waals surface area contributed by atoms with Crippen molar-refractivity contribution in [1.29, 1.82) is 10.5 Å². The predicted molar refractivity (Wildman–Crippen MR) is 131 cm³/mol. The molecular formula is C22H18BrClN6O6. The zero-order chi connectivity index (χ0) is 26.5. The largest absolute Gasteiger partial charge is 0.450 e. The summed E-state index contributed by atoms with van der Waals surface area (Å²) in [6.45, 7) is -0.314. The van der Waals surface area contributed by atoms with Crippen LogP contribution in [0, 0.1) is 32.8 Å². The number of esters is 2. The number of hydrogen-bond donors (Lipinski definition) is 0. The number of benzene rings is 2. The van der Waals surface area contributed by atoms with Gasteiger partial charge in [-0.3, -0.25) is 19.7 Å². The van der Waals surface area contributed by atoms with Gasteiger partial charge in [-0.15, -0.1) is 5.11 Å². The Morgan fingerprint density at radius 1 is 1.03 bits per heavy atom. The molecule has 12 nitrogen and oxygen atoms in total. The molecular weight excluding hydrogens is 560 g/mol. The minimum atomic E-state index is -0.575. The molecule has 0 unspecified atom stereocenters. The van der Waals surface area contributed by atoms with Crippen LogP contribution in [0.4, 0.5) is 22.7 Å². The lowest BCUT2D eigenvalue weighted by atomic mass is 10.2. The van der Waals surface area contributed by atoms with Crippen molar-refractivity contribution in [3.05, 3.63) is 56.0 Å². The second-order valence-corrected chi connectivity index (χ2v) is 8.12. The Kier molecular flexibility index (Phi) is 11.2. The number of azo groups is 1. The number of ether oxygens (including phenoxy) is 2. The maximum absolute atomic E-state index is 11.8. The average molecular weight is 578 g/mol. The molecule has 0 radical (unpaired) electrons. The molecule has 0 amide bonds. The SMILES string of the molecule is N#CCOC(=O)CCN(CCC(=O)OCC#N)c1ccc(N=Nc2c(Cl)cc([N+](=O)[O-])cc2Br)cc1. The zero-order valence-corrected chi connectivity index (χ0v) is 20.9. The number of nitro groups is 1. The third-order valence-electron chi connectivity index (χ3n) is 4.46. The summed E-state index contributed by atoms with van der Waals surface area (Å²) in [5, 5.41) is 36.2. The Bertz CT molecular complexity index is 1170. The molecule has 0 saturated carbocycles. The molecule has 186 valence electrons. The fraction of sp³-hybridized carbons (Fsp3) is 0.273. The number of nitriles is 2. The number of halogens is 2. The summed E-state index contributed by atoms with van der Waals surface area (Å²) in [4.78, 5) is 35.7. The van der Waals surface area contributed by atoms with Crippen LogP contribution in [0.25, 0.3) is 0 Å². The third kappa shape index (κ3) is 8.94. The molecule has 2 aromatic rings. The summed E-state index contributed by atoms with van der Waals surface area (Å²) in [6, 6.07) is 12.5. The van der Waals surface area contributed by atoms with E-state index in [1.54, 1.807) is 41.3 Å². The first kappa shape index (κ1) is 28.2. The van der Waals surface area contributed by atoms with Crippen LogP contribution in [0.3, 0.4) is 0 Å². The average Bonchev–Trinajstić information content (AvgIpc) is 2.86. The first-order chi connectivity index (χ1) is 17.2. The van der Waals surface area contributed by atoms with Gasteiger partial charge in [0.15, 0.2) is 13.2 Å². The van der Waals surface area contributed by atoms with Crippen LogP contribution >= 0.6 is 27.5 Å². The van der Waals surface area contributed by atoms with Crippen LogP contribution in [0.2, 0.25) is 5.02 Å². The van der Waals surface area contributed by atoms with Crippen molar-refractivity contribution in [1.82, 2.24) is 0 Å². The highest BCUT2D eigenvalue weighted by molar-refractivity contribution is 9.10. The number of nitrogens with zero attached hydrogens (tertiary/aromatic N) is 6. The van der Waals surface area contributed by atoms with Crippen molar-refractivity contribution < 1.29 is 24.0 Å². The molecule has 0 N–H and O–H groups in total. The molecule has 0 bridgehead atoms. The summed E-state index contributed by atoms with van der Waals surface area (Å²) in [5.41, 5.74) is 1.13. The lowest BCUT2D eigenvalue weighted by Crippen LogP contribution is -2.29. The van der Waals surface area contributed by atoms with E-state index in [9.17, 15) is 19.7 Å². The predicted octanol–water partition coefficient (Wildman–Crippen LogP) is 5.15. The fourth-order valence-electron chi connectivity index (χ4n) is 2.78. The molecule has 0 fully saturated rings. The molecule has 0 saturated heterocycles.